The summed E-state index contributed by atoms with van der Waals surface area (Å²) in [6.07, 6.45) is 3.94. The number of methoxy groups -OCH3 is 3. The van der Waals surface area contributed by atoms with Crippen LogP contribution < -0.4 is 24.8 Å². The Hall–Kier alpha value is -2.93. The highest BCUT2D eigenvalue weighted by Crippen LogP contribution is 2.34. The summed E-state index contributed by atoms with van der Waals surface area (Å²) in [7, 11) is 4.73. The fourth-order valence-electron chi connectivity index (χ4n) is 3.79. The van der Waals surface area contributed by atoms with Crippen LogP contribution in [-0.4, -0.2) is 45.3 Å². The van der Waals surface area contributed by atoms with Crippen molar-refractivity contribution in [2.24, 2.45) is 0 Å². The zero-order valence-electron chi connectivity index (χ0n) is 18.7. The van der Waals surface area contributed by atoms with Crippen LogP contribution >= 0.6 is 0 Å². The Bertz CT molecular complexity index is 849. The van der Waals surface area contributed by atoms with Gasteiger partial charge in [0.1, 0.15) is 5.75 Å². The maximum atomic E-state index is 12.3. The highest BCUT2D eigenvalue weighted by molar-refractivity contribution is 5.74. The first-order chi connectivity index (χ1) is 15.1. The van der Waals surface area contributed by atoms with Crippen LogP contribution in [0.4, 0.5) is 4.79 Å². The van der Waals surface area contributed by atoms with E-state index in [0.717, 1.165) is 17.7 Å². The molecule has 0 aromatic heterocycles. The van der Waals surface area contributed by atoms with Gasteiger partial charge in [0.2, 0.25) is 0 Å². The highest BCUT2D eigenvalue weighted by atomic mass is 16.5. The third-order valence-corrected chi connectivity index (χ3v) is 5.56. The molecule has 1 aliphatic rings. The standard InChI is InChI=1S/C24H33N3O4/c1-29-21-14-23(31-3)22(30-2)13-20(21)16-26-24(28)25-15-18-7-9-19(10-8-18)17-27-11-5-4-6-12-27/h7-10,13-14H,4-6,11-12,15-17H2,1-3H3,(H2,25,26,28). The second-order valence-corrected chi connectivity index (χ2v) is 7.71. The molecule has 1 fully saturated rings. The number of urea groups is 1. The van der Waals surface area contributed by atoms with Crippen LogP contribution in [-0.2, 0) is 19.6 Å². The number of likely N-dealkylation sites (tertiary alicyclic amines) is 1. The fourth-order valence-corrected chi connectivity index (χ4v) is 3.79. The van der Waals surface area contributed by atoms with E-state index in [2.05, 4.69) is 39.8 Å². The lowest BCUT2D eigenvalue weighted by atomic mass is 10.1. The van der Waals surface area contributed by atoms with E-state index in [1.807, 2.05) is 0 Å². The van der Waals surface area contributed by atoms with E-state index in [-0.39, 0.29) is 6.03 Å². The van der Waals surface area contributed by atoms with Gasteiger partial charge in [-0.3, -0.25) is 4.90 Å². The molecule has 0 spiro atoms. The first-order valence-corrected chi connectivity index (χ1v) is 10.7. The maximum Gasteiger partial charge on any atom is 0.315 e. The molecule has 0 radical (unpaired) electrons. The average Bonchev–Trinajstić information content (AvgIpc) is 2.82. The molecule has 2 aromatic rings. The van der Waals surface area contributed by atoms with Crippen molar-refractivity contribution in [2.45, 2.75) is 38.9 Å². The molecule has 168 valence electrons. The summed E-state index contributed by atoms with van der Waals surface area (Å²) in [5, 5.41) is 5.77. The number of hydrogen-bond donors (Lipinski definition) is 2. The molecule has 0 saturated carbocycles. The molecular weight excluding hydrogens is 394 g/mol. The van der Waals surface area contributed by atoms with Gasteiger partial charge in [0, 0.05) is 31.3 Å². The van der Waals surface area contributed by atoms with Crippen molar-refractivity contribution in [1.82, 2.24) is 15.5 Å². The third-order valence-electron chi connectivity index (χ3n) is 5.56. The number of piperidine rings is 1. The molecule has 7 heteroatoms. The van der Waals surface area contributed by atoms with Crippen molar-refractivity contribution < 1.29 is 19.0 Å². The van der Waals surface area contributed by atoms with Gasteiger partial charge in [-0.1, -0.05) is 30.7 Å². The monoisotopic (exact) mass is 427 g/mol. The maximum absolute atomic E-state index is 12.3. The van der Waals surface area contributed by atoms with Crippen molar-refractivity contribution >= 4 is 6.03 Å². The number of nitrogens with zero attached hydrogens (tertiary/aromatic N) is 1. The van der Waals surface area contributed by atoms with E-state index in [1.165, 1.54) is 37.9 Å². The topological polar surface area (TPSA) is 72.1 Å². The largest absolute Gasteiger partial charge is 0.496 e. The lowest BCUT2D eigenvalue weighted by Crippen LogP contribution is -2.34. The van der Waals surface area contributed by atoms with E-state index >= 15 is 0 Å². The van der Waals surface area contributed by atoms with E-state index < -0.39 is 0 Å². The van der Waals surface area contributed by atoms with Crippen molar-refractivity contribution in [2.75, 3.05) is 34.4 Å². The summed E-state index contributed by atoms with van der Waals surface area (Å²) in [6.45, 7) is 4.16. The minimum atomic E-state index is -0.241. The van der Waals surface area contributed by atoms with Gasteiger partial charge in [-0.05, 0) is 43.1 Å². The minimum absolute atomic E-state index is 0.241. The van der Waals surface area contributed by atoms with Gasteiger partial charge in [0.25, 0.3) is 0 Å². The lowest BCUT2D eigenvalue weighted by molar-refractivity contribution is 0.221. The predicted octanol–water partition coefficient (Wildman–Crippen LogP) is 3.70. The number of nitrogens with one attached hydrogen (secondary N) is 2. The molecule has 0 unspecified atom stereocenters. The molecular formula is C24H33N3O4. The van der Waals surface area contributed by atoms with Gasteiger partial charge >= 0.3 is 6.03 Å². The number of hydrogen-bond acceptors (Lipinski definition) is 5. The molecule has 0 aliphatic carbocycles. The molecule has 2 N–H and O–H groups in total. The van der Waals surface area contributed by atoms with Crippen LogP contribution in [0, 0.1) is 0 Å². The Labute approximate surface area is 184 Å². The molecule has 2 amide bonds. The van der Waals surface area contributed by atoms with Crippen LogP contribution in [0.15, 0.2) is 36.4 Å². The van der Waals surface area contributed by atoms with E-state index in [1.54, 1.807) is 33.5 Å². The van der Waals surface area contributed by atoms with E-state index in [9.17, 15) is 4.79 Å². The summed E-state index contributed by atoms with van der Waals surface area (Å²) >= 11 is 0. The predicted molar refractivity (Wildman–Crippen MR) is 121 cm³/mol. The zero-order chi connectivity index (χ0) is 22.1. The van der Waals surface area contributed by atoms with Crippen LogP contribution in [0.2, 0.25) is 0 Å². The quantitative estimate of drug-likeness (QED) is 0.639. The summed E-state index contributed by atoms with van der Waals surface area (Å²) in [6, 6.07) is 11.8. The average molecular weight is 428 g/mol. The highest BCUT2D eigenvalue weighted by Gasteiger charge is 2.13. The number of benzene rings is 2. The summed E-state index contributed by atoms with van der Waals surface area (Å²) in [5.74, 6) is 1.80. The molecule has 1 saturated heterocycles. The first-order valence-electron chi connectivity index (χ1n) is 10.7. The van der Waals surface area contributed by atoms with Gasteiger partial charge in [0.15, 0.2) is 11.5 Å². The number of amides is 2. The van der Waals surface area contributed by atoms with Crippen LogP contribution in [0.3, 0.4) is 0 Å². The first kappa shape index (κ1) is 22.7. The van der Waals surface area contributed by atoms with Gasteiger partial charge in [0.05, 0.1) is 21.3 Å². The van der Waals surface area contributed by atoms with Crippen LogP contribution in [0.5, 0.6) is 17.2 Å². The Morgan fingerprint density at radius 2 is 1.39 bits per heavy atom. The van der Waals surface area contributed by atoms with E-state index in [0.29, 0.717) is 30.3 Å². The lowest BCUT2D eigenvalue weighted by Gasteiger charge is -2.26. The van der Waals surface area contributed by atoms with Crippen molar-refractivity contribution in [3.05, 3.63) is 53.1 Å². The van der Waals surface area contributed by atoms with Crippen LogP contribution in [0.1, 0.15) is 36.0 Å². The molecule has 7 nitrogen and oxygen atoms in total. The van der Waals surface area contributed by atoms with Gasteiger partial charge in [-0.15, -0.1) is 0 Å². The number of carbonyl (C=O) groups excluding carboxylic acids is 1. The van der Waals surface area contributed by atoms with Gasteiger partial charge in [-0.2, -0.15) is 0 Å². The summed E-state index contributed by atoms with van der Waals surface area (Å²) in [4.78, 5) is 14.8. The van der Waals surface area contributed by atoms with Crippen molar-refractivity contribution in [3.63, 3.8) is 0 Å². The molecule has 0 bridgehead atoms. The Kier molecular flexibility index (Phi) is 8.41. The van der Waals surface area contributed by atoms with Gasteiger partial charge < -0.3 is 24.8 Å². The molecule has 2 aromatic carbocycles. The number of ether oxygens (including phenoxy) is 3. The number of rotatable bonds is 9. The van der Waals surface area contributed by atoms with Crippen molar-refractivity contribution in [3.8, 4) is 17.2 Å². The van der Waals surface area contributed by atoms with E-state index in [4.69, 9.17) is 14.2 Å². The third kappa shape index (κ3) is 6.52. The molecule has 1 heterocycles. The number of carbonyl (C=O) groups is 1. The fraction of sp³-hybridized carbons (Fsp3) is 0.458. The Morgan fingerprint density at radius 3 is 2.03 bits per heavy atom. The summed E-state index contributed by atoms with van der Waals surface area (Å²) in [5.41, 5.74) is 3.19. The second kappa shape index (κ2) is 11.5. The SMILES string of the molecule is COc1cc(OC)c(OC)cc1CNC(=O)NCc1ccc(CN2CCCCC2)cc1. The minimum Gasteiger partial charge on any atom is -0.496 e. The van der Waals surface area contributed by atoms with Crippen LogP contribution in [0.25, 0.3) is 0 Å². The molecule has 1 aliphatic heterocycles. The zero-order valence-corrected chi connectivity index (χ0v) is 18.7. The second-order valence-electron chi connectivity index (χ2n) is 7.71. The Morgan fingerprint density at radius 1 is 0.806 bits per heavy atom. The Balaban J connectivity index is 1.48. The smallest absolute Gasteiger partial charge is 0.315 e. The molecule has 3 rings (SSSR count). The summed E-state index contributed by atoms with van der Waals surface area (Å²) < 4.78 is 16.0. The normalized spacial score (nSPS) is 14.0. The molecule has 0 atom stereocenters. The molecule has 31 heavy (non-hydrogen) atoms. The van der Waals surface area contributed by atoms with Gasteiger partial charge in [-0.25, -0.2) is 4.79 Å². The van der Waals surface area contributed by atoms with Crippen molar-refractivity contribution in [1.29, 1.82) is 0 Å².